The van der Waals surface area contributed by atoms with Crippen LogP contribution in [-0.2, 0) is 14.3 Å². The molecule has 0 aliphatic carbocycles. The van der Waals surface area contributed by atoms with E-state index in [9.17, 15) is 14.4 Å². The summed E-state index contributed by atoms with van der Waals surface area (Å²) in [6, 6.07) is 8.62. The third-order valence-corrected chi connectivity index (χ3v) is 5.68. The van der Waals surface area contributed by atoms with E-state index >= 15 is 0 Å². The maximum atomic E-state index is 12.8. The summed E-state index contributed by atoms with van der Waals surface area (Å²) >= 11 is 0. The van der Waals surface area contributed by atoms with Crippen molar-refractivity contribution in [1.82, 2.24) is 9.88 Å². The fourth-order valence-electron chi connectivity index (χ4n) is 3.92. The fourth-order valence-corrected chi connectivity index (χ4v) is 3.92. The molecule has 180 valence electrons. The molecule has 1 fully saturated rings. The van der Waals surface area contributed by atoms with Crippen LogP contribution < -0.4 is 19.7 Å². The largest absolute Gasteiger partial charge is 0.466 e. The number of benzene rings is 1. The monoisotopic (exact) mass is 468 g/mol. The molecule has 0 saturated carbocycles. The summed E-state index contributed by atoms with van der Waals surface area (Å²) in [5.41, 5.74) is 1.05. The van der Waals surface area contributed by atoms with E-state index in [-0.39, 0.29) is 31.0 Å². The van der Waals surface area contributed by atoms with Crippen LogP contribution in [0.2, 0.25) is 0 Å². The van der Waals surface area contributed by atoms with E-state index in [0.717, 1.165) is 0 Å². The number of carbonyl (C=O) groups excluding carboxylic acids is 3. The van der Waals surface area contributed by atoms with E-state index < -0.39 is 0 Å². The number of hydrogen-bond donors (Lipinski definition) is 1. The van der Waals surface area contributed by atoms with Gasteiger partial charge in [-0.05, 0) is 43.7 Å². The summed E-state index contributed by atoms with van der Waals surface area (Å²) in [5.74, 6) is 1.30. The van der Waals surface area contributed by atoms with Crippen LogP contribution in [0.4, 0.5) is 11.5 Å². The second kappa shape index (κ2) is 10.9. The summed E-state index contributed by atoms with van der Waals surface area (Å²) in [7, 11) is 0. The predicted molar refractivity (Wildman–Crippen MR) is 124 cm³/mol. The first kappa shape index (κ1) is 23.3. The molecule has 3 heterocycles. The predicted octanol–water partition coefficient (Wildman–Crippen LogP) is 2.44. The van der Waals surface area contributed by atoms with Gasteiger partial charge in [-0.3, -0.25) is 14.4 Å². The molecule has 0 radical (unpaired) electrons. The second-order valence-corrected chi connectivity index (χ2v) is 7.92. The Bertz CT molecular complexity index is 1050. The van der Waals surface area contributed by atoms with E-state index in [1.54, 1.807) is 48.4 Å². The summed E-state index contributed by atoms with van der Waals surface area (Å²) in [6.45, 7) is 4.53. The van der Waals surface area contributed by atoms with Crippen molar-refractivity contribution in [2.75, 3.05) is 49.8 Å². The summed E-state index contributed by atoms with van der Waals surface area (Å²) in [5, 5.41) is 2.93. The quantitative estimate of drug-likeness (QED) is 0.589. The number of hydrogen-bond acceptors (Lipinski definition) is 8. The van der Waals surface area contributed by atoms with Crippen LogP contribution in [-0.4, -0.2) is 67.2 Å². The van der Waals surface area contributed by atoms with Crippen molar-refractivity contribution in [1.29, 1.82) is 0 Å². The number of piperazine rings is 1. The summed E-state index contributed by atoms with van der Waals surface area (Å²) in [4.78, 5) is 45.1. The zero-order valence-corrected chi connectivity index (χ0v) is 19.1. The molecule has 0 bridgehead atoms. The highest BCUT2D eigenvalue weighted by Crippen LogP contribution is 2.33. The van der Waals surface area contributed by atoms with Gasteiger partial charge in [0.25, 0.3) is 5.91 Å². The average Bonchev–Trinajstić information content (AvgIpc) is 3.33. The highest BCUT2D eigenvalue weighted by Gasteiger charge is 2.24. The van der Waals surface area contributed by atoms with Gasteiger partial charge in [0, 0.05) is 50.8 Å². The Kier molecular flexibility index (Phi) is 7.46. The van der Waals surface area contributed by atoms with Crippen molar-refractivity contribution in [3.05, 3.63) is 42.1 Å². The van der Waals surface area contributed by atoms with E-state index in [2.05, 4.69) is 15.2 Å². The van der Waals surface area contributed by atoms with Crippen LogP contribution >= 0.6 is 0 Å². The van der Waals surface area contributed by atoms with Gasteiger partial charge in [-0.15, -0.1) is 0 Å². The van der Waals surface area contributed by atoms with Crippen molar-refractivity contribution < 1.29 is 28.6 Å². The Morgan fingerprint density at radius 2 is 1.85 bits per heavy atom. The lowest BCUT2D eigenvalue weighted by molar-refractivity contribution is -0.143. The molecule has 2 aliphatic rings. The number of carbonyl (C=O) groups is 3. The van der Waals surface area contributed by atoms with Crippen LogP contribution in [0.1, 0.15) is 36.5 Å². The van der Waals surface area contributed by atoms with Crippen LogP contribution in [0, 0.1) is 0 Å². The fraction of sp³-hybridized carbons (Fsp3) is 0.417. The molecule has 1 N–H and O–H groups in total. The molecule has 1 saturated heterocycles. The minimum Gasteiger partial charge on any atom is -0.466 e. The van der Waals surface area contributed by atoms with Gasteiger partial charge in [-0.25, -0.2) is 4.98 Å². The maximum Gasteiger partial charge on any atom is 0.305 e. The minimum absolute atomic E-state index is 0.0290. The number of aromatic nitrogens is 1. The lowest BCUT2D eigenvalue weighted by Gasteiger charge is -2.36. The van der Waals surface area contributed by atoms with Crippen LogP contribution in [0.3, 0.4) is 0 Å². The Labute approximate surface area is 197 Å². The summed E-state index contributed by atoms with van der Waals surface area (Å²) in [6.07, 6.45) is 2.73. The Hall–Kier alpha value is -3.82. The third kappa shape index (κ3) is 5.56. The van der Waals surface area contributed by atoms with Crippen LogP contribution in [0.5, 0.6) is 11.5 Å². The molecular weight excluding hydrogens is 440 g/mol. The van der Waals surface area contributed by atoms with Gasteiger partial charge in [0.15, 0.2) is 17.3 Å². The molecule has 2 aliphatic heterocycles. The normalized spacial score (nSPS) is 14.6. The number of fused-ring (bicyclic) bond motifs is 1. The van der Waals surface area contributed by atoms with E-state index in [1.807, 2.05) is 0 Å². The smallest absolute Gasteiger partial charge is 0.305 e. The molecule has 10 nitrogen and oxygen atoms in total. The molecule has 0 unspecified atom stereocenters. The lowest BCUT2D eigenvalue weighted by atomic mass is 10.2. The van der Waals surface area contributed by atoms with Gasteiger partial charge in [-0.2, -0.15) is 0 Å². The van der Waals surface area contributed by atoms with Gasteiger partial charge in [0.2, 0.25) is 12.7 Å². The molecule has 4 rings (SSSR count). The molecule has 34 heavy (non-hydrogen) atoms. The molecule has 2 aromatic rings. The number of pyridine rings is 1. The minimum atomic E-state index is -0.275. The molecule has 1 aromatic carbocycles. The molecular formula is C24H28N4O6. The SMILES string of the molecule is CCOC(=O)CCCC(=O)N1CCN(c2ncccc2NC(=O)c2ccc3c(c2)OCO3)CC1. The number of anilines is 2. The Morgan fingerprint density at radius 3 is 2.65 bits per heavy atom. The first-order valence-electron chi connectivity index (χ1n) is 11.4. The summed E-state index contributed by atoms with van der Waals surface area (Å²) < 4.78 is 15.6. The highest BCUT2D eigenvalue weighted by molar-refractivity contribution is 6.06. The van der Waals surface area contributed by atoms with Crippen molar-refractivity contribution in [2.24, 2.45) is 0 Å². The van der Waals surface area contributed by atoms with Crippen LogP contribution in [0.15, 0.2) is 36.5 Å². The van der Waals surface area contributed by atoms with Gasteiger partial charge in [-0.1, -0.05) is 0 Å². The van der Waals surface area contributed by atoms with E-state index in [4.69, 9.17) is 14.2 Å². The molecule has 1 aromatic heterocycles. The van der Waals surface area contributed by atoms with Crippen LogP contribution in [0.25, 0.3) is 0 Å². The number of nitrogens with zero attached hydrogens (tertiary/aromatic N) is 3. The van der Waals surface area contributed by atoms with Gasteiger partial charge in [0.05, 0.1) is 12.3 Å². The zero-order chi connectivity index (χ0) is 23.9. The van der Waals surface area contributed by atoms with Gasteiger partial charge in [0.1, 0.15) is 0 Å². The maximum absolute atomic E-state index is 12.8. The Morgan fingerprint density at radius 1 is 1.06 bits per heavy atom. The van der Waals surface area contributed by atoms with Crippen molar-refractivity contribution in [3.8, 4) is 11.5 Å². The number of nitrogens with one attached hydrogen (secondary N) is 1. The number of esters is 1. The standard InChI is InChI=1S/C24H28N4O6/c1-2-32-22(30)7-3-6-21(29)27-11-13-28(14-12-27)23-18(5-4-10-25-23)26-24(31)17-8-9-19-20(15-17)34-16-33-19/h4-5,8-10,15H,2-3,6-7,11-14,16H2,1H3,(H,26,31). The number of rotatable bonds is 8. The molecule has 10 heteroatoms. The molecule has 0 atom stereocenters. The first-order valence-corrected chi connectivity index (χ1v) is 11.4. The lowest BCUT2D eigenvalue weighted by Crippen LogP contribution is -2.49. The van der Waals surface area contributed by atoms with Crippen molar-refractivity contribution in [2.45, 2.75) is 26.2 Å². The average molecular weight is 469 g/mol. The first-order chi connectivity index (χ1) is 16.5. The number of amides is 2. The van der Waals surface area contributed by atoms with E-state index in [0.29, 0.717) is 74.2 Å². The number of ether oxygens (including phenoxy) is 3. The molecule has 2 amide bonds. The third-order valence-electron chi connectivity index (χ3n) is 5.68. The van der Waals surface area contributed by atoms with Gasteiger partial charge < -0.3 is 29.3 Å². The second-order valence-electron chi connectivity index (χ2n) is 7.92. The highest BCUT2D eigenvalue weighted by atomic mass is 16.7. The molecule has 0 spiro atoms. The van der Waals surface area contributed by atoms with Crippen molar-refractivity contribution >= 4 is 29.3 Å². The topological polar surface area (TPSA) is 110 Å². The van der Waals surface area contributed by atoms with Gasteiger partial charge >= 0.3 is 5.97 Å². The zero-order valence-electron chi connectivity index (χ0n) is 19.1. The Balaban J connectivity index is 1.32. The van der Waals surface area contributed by atoms with E-state index in [1.165, 1.54) is 0 Å². The van der Waals surface area contributed by atoms with Crippen molar-refractivity contribution in [3.63, 3.8) is 0 Å².